The second-order valence-corrected chi connectivity index (χ2v) is 12.9. The average molecular weight is 637 g/mol. The zero-order valence-electron chi connectivity index (χ0n) is 27.4. The Labute approximate surface area is 290 Å². The van der Waals surface area contributed by atoms with Crippen LogP contribution in [-0.4, -0.2) is 9.13 Å². The molecular weight excluding hydrogens is 605 g/mol. The third kappa shape index (κ3) is 4.43. The molecule has 0 saturated carbocycles. The van der Waals surface area contributed by atoms with Gasteiger partial charge in [-0.05, 0) is 75.8 Å². The predicted molar refractivity (Wildman–Crippen MR) is 211 cm³/mol. The number of aromatic nitrogens is 2. The Morgan fingerprint density at radius 1 is 0.300 bits per heavy atom. The van der Waals surface area contributed by atoms with E-state index in [1.807, 2.05) is 0 Å². The van der Waals surface area contributed by atoms with Crippen molar-refractivity contribution in [2.45, 2.75) is 0 Å². The van der Waals surface area contributed by atoms with E-state index in [2.05, 4.69) is 203 Å². The van der Waals surface area contributed by atoms with Crippen molar-refractivity contribution in [3.63, 3.8) is 0 Å². The van der Waals surface area contributed by atoms with E-state index in [1.165, 1.54) is 77.0 Å². The molecule has 0 spiro atoms. The van der Waals surface area contributed by atoms with Gasteiger partial charge in [-0.2, -0.15) is 0 Å². The summed E-state index contributed by atoms with van der Waals surface area (Å²) in [6.45, 7) is 0. The van der Waals surface area contributed by atoms with Gasteiger partial charge in [0.1, 0.15) is 0 Å². The van der Waals surface area contributed by atoms with E-state index in [0.29, 0.717) is 0 Å². The van der Waals surface area contributed by atoms with E-state index in [9.17, 15) is 0 Å². The Balaban J connectivity index is 1.27. The van der Waals surface area contributed by atoms with Crippen LogP contribution in [0.5, 0.6) is 0 Å². The summed E-state index contributed by atoms with van der Waals surface area (Å²) in [4.78, 5) is 0. The standard InChI is InChI=1S/C48H32N2/c1-3-15-33(16-4-1)35-19-11-21-37(31-35)39-25-13-29-45-47(39)42-24-8-10-28-44(42)50(45)46-30-14-26-41-40-23-7-9-27-43(40)49(48(41)46)38-22-12-20-36(32-38)34-17-5-2-6-18-34/h1-32H. The van der Waals surface area contributed by atoms with Crippen molar-refractivity contribution in [1.82, 2.24) is 9.13 Å². The Morgan fingerprint density at radius 2 is 0.820 bits per heavy atom. The van der Waals surface area contributed by atoms with Gasteiger partial charge in [-0.25, -0.2) is 0 Å². The SMILES string of the molecule is c1ccc(-c2cccc(-c3cccc4c3c3ccccc3n4-c3cccc4c5ccccc5n(-c5cccc(-c6ccccc6)c5)c34)c2)cc1. The highest BCUT2D eigenvalue weighted by molar-refractivity contribution is 6.18. The number of nitrogens with zero attached hydrogens (tertiary/aromatic N) is 2. The summed E-state index contributed by atoms with van der Waals surface area (Å²) < 4.78 is 4.94. The molecule has 0 aliphatic carbocycles. The Morgan fingerprint density at radius 3 is 1.58 bits per heavy atom. The van der Waals surface area contributed by atoms with Crippen LogP contribution in [-0.2, 0) is 0 Å². The summed E-state index contributed by atoms with van der Waals surface area (Å²) in [5.41, 5.74) is 14.4. The first-order valence-corrected chi connectivity index (χ1v) is 17.2. The third-order valence-corrected chi connectivity index (χ3v) is 10.1. The van der Waals surface area contributed by atoms with Gasteiger partial charge in [0.2, 0.25) is 0 Å². The molecule has 2 aromatic heterocycles. The van der Waals surface area contributed by atoms with E-state index < -0.39 is 0 Å². The quantitative estimate of drug-likeness (QED) is 0.178. The molecule has 0 bridgehead atoms. The summed E-state index contributed by atoms with van der Waals surface area (Å²) in [5.74, 6) is 0. The lowest BCUT2D eigenvalue weighted by atomic mass is 9.96. The van der Waals surface area contributed by atoms with E-state index in [0.717, 1.165) is 11.4 Å². The Hall–Kier alpha value is -6.64. The van der Waals surface area contributed by atoms with Crippen LogP contribution in [0.15, 0.2) is 194 Å². The maximum absolute atomic E-state index is 2.48. The van der Waals surface area contributed by atoms with Gasteiger partial charge in [-0.1, -0.05) is 152 Å². The molecule has 0 amide bonds. The summed E-state index contributed by atoms with van der Waals surface area (Å²) >= 11 is 0. The lowest BCUT2D eigenvalue weighted by Crippen LogP contribution is -2.01. The van der Waals surface area contributed by atoms with Crippen LogP contribution in [0.3, 0.4) is 0 Å². The zero-order valence-corrected chi connectivity index (χ0v) is 27.4. The molecule has 0 fully saturated rings. The first-order chi connectivity index (χ1) is 24.8. The summed E-state index contributed by atoms with van der Waals surface area (Å²) in [6, 6.07) is 70.4. The summed E-state index contributed by atoms with van der Waals surface area (Å²) in [5, 5.41) is 4.99. The molecule has 8 aromatic carbocycles. The largest absolute Gasteiger partial charge is 0.307 e. The van der Waals surface area contributed by atoms with Crippen molar-refractivity contribution in [2.75, 3.05) is 0 Å². The van der Waals surface area contributed by atoms with E-state index in [1.54, 1.807) is 0 Å². The normalized spacial score (nSPS) is 11.6. The first kappa shape index (κ1) is 28.4. The molecule has 10 rings (SSSR count). The van der Waals surface area contributed by atoms with Crippen LogP contribution in [0.2, 0.25) is 0 Å². The van der Waals surface area contributed by atoms with Crippen molar-refractivity contribution in [3.05, 3.63) is 194 Å². The maximum Gasteiger partial charge on any atom is 0.0782 e. The van der Waals surface area contributed by atoms with Crippen molar-refractivity contribution in [1.29, 1.82) is 0 Å². The van der Waals surface area contributed by atoms with E-state index >= 15 is 0 Å². The van der Waals surface area contributed by atoms with Crippen LogP contribution < -0.4 is 0 Å². The molecule has 234 valence electrons. The molecule has 0 aliphatic rings. The maximum atomic E-state index is 2.48. The van der Waals surface area contributed by atoms with E-state index in [4.69, 9.17) is 0 Å². The molecule has 0 aliphatic heterocycles. The molecule has 2 heterocycles. The highest BCUT2D eigenvalue weighted by Gasteiger charge is 2.21. The van der Waals surface area contributed by atoms with Crippen LogP contribution in [0.25, 0.3) is 88.4 Å². The molecule has 0 atom stereocenters. The number of hydrogen-bond acceptors (Lipinski definition) is 0. The van der Waals surface area contributed by atoms with Crippen molar-refractivity contribution in [3.8, 4) is 44.8 Å². The van der Waals surface area contributed by atoms with Gasteiger partial charge < -0.3 is 9.13 Å². The van der Waals surface area contributed by atoms with Crippen molar-refractivity contribution >= 4 is 43.6 Å². The smallest absolute Gasteiger partial charge is 0.0782 e. The number of fused-ring (bicyclic) bond motifs is 6. The fraction of sp³-hybridized carbons (Fsp3) is 0. The first-order valence-electron chi connectivity index (χ1n) is 17.2. The Kier molecular flexibility index (Phi) is 6.53. The second kappa shape index (κ2) is 11.5. The molecule has 10 aromatic rings. The second-order valence-electron chi connectivity index (χ2n) is 12.9. The zero-order chi connectivity index (χ0) is 33.0. The van der Waals surface area contributed by atoms with Crippen LogP contribution in [0.1, 0.15) is 0 Å². The minimum Gasteiger partial charge on any atom is -0.307 e. The van der Waals surface area contributed by atoms with Crippen LogP contribution >= 0.6 is 0 Å². The fourth-order valence-electron chi connectivity index (χ4n) is 7.92. The highest BCUT2D eigenvalue weighted by Crippen LogP contribution is 2.42. The number of benzene rings is 8. The van der Waals surface area contributed by atoms with E-state index in [-0.39, 0.29) is 0 Å². The topological polar surface area (TPSA) is 9.86 Å². The molecular formula is C48H32N2. The monoisotopic (exact) mass is 636 g/mol. The van der Waals surface area contributed by atoms with Gasteiger partial charge in [0.15, 0.2) is 0 Å². The minimum absolute atomic E-state index is 1.14. The lowest BCUT2D eigenvalue weighted by Gasteiger charge is -2.15. The molecule has 0 unspecified atom stereocenters. The average Bonchev–Trinajstić information content (AvgIpc) is 3.72. The predicted octanol–water partition coefficient (Wildman–Crippen LogP) is 12.9. The molecule has 0 radical (unpaired) electrons. The van der Waals surface area contributed by atoms with Gasteiger partial charge in [0.25, 0.3) is 0 Å². The van der Waals surface area contributed by atoms with Crippen LogP contribution in [0.4, 0.5) is 0 Å². The van der Waals surface area contributed by atoms with Gasteiger partial charge in [-0.15, -0.1) is 0 Å². The van der Waals surface area contributed by atoms with Gasteiger partial charge >= 0.3 is 0 Å². The van der Waals surface area contributed by atoms with Crippen molar-refractivity contribution < 1.29 is 0 Å². The number of para-hydroxylation sites is 3. The molecule has 0 N–H and O–H groups in total. The minimum atomic E-state index is 1.14. The van der Waals surface area contributed by atoms with Gasteiger partial charge in [-0.3, -0.25) is 0 Å². The third-order valence-electron chi connectivity index (χ3n) is 10.1. The van der Waals surface area contributed by atoms with Crippen molar-refractivity contribution in [2.24, 2.45) is 0 Å². The highest BCUT2D eigenvalue weighted by atomic mass is 15.1. The Bertz CT molecular complexity index is 2860. The lowest BCUT2D eigenvalue weighted by molar-refractivity contribution is 1.13. The van der Waals surface area contributed by atoms with Gasteiger partial charge in [0.05, 0.1) is 27.8 Å². The van der Waals surface area contributed by atoms with Crippen LogP contribution in [0, 0.1) is 0 Å². The molecule has 0 saturated heterocycles. The molecule has 50 heavy (non-hydrogen) atoms. The molecule has 2 heteroatoms. The van der Waals surface area contributed by atoms with Gasteiger partial charge in [0, 0.05) is 27.2 Å². The number of rotatable bonds is 5. The summed E-state index contributed by atoms with van der Waals surface area (Å²) in [6.07, 6.45) is 0. The summed E-state index contributed by atoms with van der Waals surface area (Å²) in [7, 11) is 0. The fourth-order valence-corrected chi connectivity index (χ4v) is 7.92. The molecule has 2 nitrogen and oxygen atoms in total. The number of hydrogen-bond donors (Lipinski definition) is 0.